The standard InChI is InChI=1S/C13H15FN4OS/c1-8-16-10(7-20-8)6-18(2)12-4-3-9(14)5-11(12)13(15)17-19/h3-5,7,19H,6H2,1-2H3,(H2,15,17). The second-order valence-corrected chi connectivity index (χ2v) is 5.42. The van der Waals surface area contributed by atoms with Gasteiger partial charge < -0.3 is 15.8 Å². The van der Waals surface area contributed by atoms with Crippen LogP contribution in [0.3, 0.4) is 0 Å². The van der Waals surface area contributed by atoms with Gasteiger partial charge in [-0.3, -0.25) is 0 Å². The number of aryl methyl sites for hydroxylation is 1. The Morgan fingerprint density at radius 3 is 2.90 bits per heavy atom. The second-order valence-electron chi connectivity index (χ2n) is 4.36. The van der Waals surface area contributed by atoms with Crippen LogP contribution in [0.4, 0.5) is 10.1 Å². The highest BCUT2D eigenvalue weighted by atomic mass is 32.1. The maximum atomic E-state index is 13.3. The molecule has 1 aromatic heterocycles. The van der Waals surface area contributed by atoms with Gasteiger partial charge >= 0.3 is 0 Å². The molecule has 7 heteroatoms. The lowest BCUT2D eigenvalue weighted by molar-refractivity contribution is 0.318. The number of benzene rings is 1. The first kappa shape index (κ1) is 14.3. The average molecular weight is 294 g/mol. The van der Waals surface area contributed by atoms with Crippen molar-refractivity contribution in [1.29, 1.82) is 0 Å². The maximum Gasteiger partial charge on any atom is 0.172 e. The van der Waals surface area contributed by atoms with E-state index in [9.17, 15) is 4.39 Å². The third-order valence-electron chi connectivity index (χ3n) is 2.82. The molecule has 2 aromatic rings. The highest BCUT2D eigenvalue weighted by Crippen LogP contribution is 2.22. The van der Waals surface area contributed by atoms with Crippen molar-refractivity contribution in [1.82, 2.24) is 4.98 Å². The fourth-order valence-corrected chi connectivity index (χ4v) is 2.51. The van der Waals surface area contributed by atoms with Crippen molar-refractivity contribution in [3.63, 3.8) is 0 Å². The first-order valence-electron chi connectivity index (χ1n) is 5.91. The van der Waals surface area contributed by atoms with Crippen molar-refractivity contribution in [2.45, 2.75) is 13.5 Å². The molecular formula is C13H15FN4OS. The Balaban J connectivity index is 2.31. The van der Waals surface area contributed by atoms with E-state index in [0.29, 0.717) is 17.8 Å². The van der Waals surface area contributed by atoms with Crippen LogP contribution in [0, 0.1) is 12.7 Å². The lowest BCUT2D eigenvalue weighted by Crippen LogP contribution is -2.23. The van der Waals surface area contributed by atoms with Crippen LogP contribution >= 0.6 is 11.3 Å². The van der Waals surface area contributed by atoms with Gasteiger partial charge in [0.15, 0.2) is 5.84 Å². The third-order valence-corrected chi connectivity index (χ3v) is 3.64. The van der Waals surface area contributed by atoms with E-state index < -0.39 is 5.82 Å². The Labute approximate surface area is 120 Å². The minimum atomic E-state index is -0.437. The first-order valence-corrected chi connectivity index (χ1v) is 6.79. The number of oxime groups is 1. The van der Waals surface area contributed by atoms with Crippen molar-refractivity contribution in [3.8, 4) is 0 Å². The van der Waals surface area contributed by atoms with Crippen LogP contribution < -0.4 is 10.6 Å². The van der Waals surface area contributed by atoms with Gasteiger partial charge in [0, 0.05) is 23.7 Å². The number of nitrogens with two attached hydrogens (primary N) is 1. The summed E-state index contributed by atoms with van der Waals surface area (Å²) in [4.78, 5) is 6.26. The molecule has 2 rings (SSSR count). The molecule has 106 valence electrons. The highest BCUT2D eigenvalue weighted by molar-refractivity contribution is 7.09. The van der Waals surface area contributed by atoms with E-state index in [0.717, 1.165) is 10.7 Å². The minimum absolute atomic E-state index is 0.124. The first-order chi connectivity index (χ1) is 9.51. The van der Waals surface area contributed by atoms with Gasteiger partial charge in [-0.2, -0.15) is 0 Å². The van der Waals surface area contributed by atoms with Crippen molar-refractivity contribution in [2.24, 2.45) is 10.9 Å². The molecule has 0 aliphatic rings. The van der Waals surface area contributed by atoms with Crippen LogP contribution in [0.2, 0.25) is 0 Å². The largest absolute Gasteiger partial charge is 0.409 e. The summed E-state index contributed by atoms with van der Waals surface area (Å²) in [6.07, 6.45) is 0. The zero-order valence-corrected chi connectivity index (χ0v) is 12.0. The highest BCUT2D eigenvalue weighted by Gasteiger charge is 2.13. The van der Waals surface area contributed by atoms with Gasteiger partial charge in [0.1, 0.15) is 5.82 Å². The summed E-state index contributed by atoms with van der Waals surface area (Å²) >= 11 is 1.57. The summed E-state index contributed by atoms with van der Waals surface area (Å²) in [5.41, 5.74) is 7.54. The number of anilines is 1. The maximum absolute atomic E-state index is 13.3. The molecule has 0 saturated heterocycles. The molecule has 0 amide bonds. The molecule has 0 aliphatic carbocycles. The molecule has 1 heterocycles. The summed E-state index contributed by atoms with van der Waals surface area (Å²) < 4.78 is 13.3. The van der Waals surface area contributed by atoms with E-state index >= 15 is 0 Å². The molecule has 0 radical (unpaired) electrons. The molecule has 0 aliphatic heterocycles. The van der Waals surface area contributed by atoms with E-state index in [4.69, 9.17) is 10.9 Å². The van der Waals surface area contributed by atoms with Gasteiger partial charge in [-0.15, -0.1) is 11.3 Å². The van der Waals surface area contributed by atoms with Crippen molar-refractivity contribution in [2.75, 3.05) is 11.9 Å². The number of halogens is 1. The smallest absolute Gasteiger partial charge is 0.172 e. The van der Waals surface area contributed by atoms with Gasteiger partial charge in [0.05, 0.1) is 17.2 Å². The fourth-order valence-electron chi connectivity index (χ4n) is 1.91. The van der Waals surface area contributed by atoms with Gasteiger partial charge in [0.2, 0.25) is 0 Å². The van der Waals surface area contributed by atoms with E-state index in [1.54, 1.807) is 17.4 Å². The van der Waals surface area contributed by atoms with Crippen LogP contribution in [-0.4, -0.2) is 23.1 Å². The van der Waals surface area contributed by atoms with E-state index in [1.807, 2.05) is 24.3 Å². The Morgan fingerprint density at radius 1 is 1.55 bits per heavy atom. The third kappa shape index (κ3) is 3.05. The number of rotatable bonds is 4. The molecule has 0 saturated carbocycles. The zero-order valence-electron chi connectivity index (χ0n) is 11.2. The number of amidine groups is 1. The molecule has 0 bridgehead atoms. The Morgan fingerprint density at radius 2 is 2.30 bits per heavy atom. The fraction of sp³-hybridized carbons (Fsp3) is 0.231. The lowest BCUT2D eigenvalue weighted by atomic mass is 10.1. The number of nitrogens with zero attached hydrogens (tertiary/aromatic N) is 3. The predicted octanol–water partition coefficient (Wildman–Crippen LogP) is 2.32. The molecule has 5 nitrogen and oxygen atoms in total. The van der Waals surface area contributed by atoms with E-state index in [-0.39, 0.29) is 5.84 Å². The monoisotopic (exact) mass is 294 g/mol. The number of thiazole rings is 1. The normalized spacial score (nSPS) is 11.7. The molecule has 3 N–H and O–H groups in total. The predicted molar refractivity (Wildman–Crippen MR) is 77.9 cm³/mol. The molecule has 20 heavy (non-hydrogen) atoms. The zero-order chi connectivity index (χ0) is 14.7. The van der Waals surface area contributed by atoms with Crippen LogP contribution in [0.5, 0.6) is 0 Å². The van der Waals surface area contributed by atoms with Gasteiger partial charge in [-0.25, -0.2) is 9.37 Å². The quantitative estimate of drug-likeness (QED) is 0.393. The molecule has 1 aromatic carbocycles. The van der Waals surface area contributed by atoms with Crippen LogP contribution in [0.25, 0.3) is 0 Å². The molecule has 0 fully saturated rings. The van der Waals surface area contributed by atoms with Crippen LogP contribution in [0.1, 0.15) is 16.3 Å². The van der Waals surface area contributed by atoms with Gasteiger partial charge in [0.25, 0.3) is 0 Å². The van der Waals surface area contributed by atoms with E-state index in [2.05, 4.69) is 10.1 Å². The van der Waals surface area contributed by atoms with Crippen LogP contribution in [-0.2, 0) is 6.54 Å². The number of aromatic nitrogens is 1. The second kappa shape index (κ2) is 5.87. The molecule has 0 spiro atoms. The Bertz CT molecular complexity index is 641. The summed E-state index contributed by atoms with van der Waals surface area (Å²) in [7, 11) is 1.84. The summed E-state index contributed by atoms with van der Waals surface area (Å²) in [6, 6.07) is 4.18. The Hall–Kier alpha value is -2.15. The summed E-state index contributed by atoms with van der Waals surface area (Å²) in [5, 5.41) is 14.7. The SMILES string of the molecule is Cc1nc(CN(C)c2ccc(F)cc2C(N)=NO)cs1. The molecule has 0 atom stereocenters. The molecular weight excluding hydrogens is 279 g/mol. The average Bonchev–Trinajstić information content (AvgIpc) is 2.82. The van der Waals surface area contributed by atoms with Gasteiger partial charge in [-0.1, -0.05) is 5.16 Å². The van der Waals surface area contributed by atoms with E-state index in [1.165, 1.54) is 12.1 Å². The van der Waals surface area contributed by atoms with Crippen molar-refractivity contribution < 1.29 is 9.60 Å². The topological polar surface area (TPSA) is 74.7 Å². The lowest BCUT2D eigenvalue weighted by Gasteiger charge is -2.21. The summed E-state index contributed by atoms with van der Waals surface area (Å²) in [6.45, 7) is 2.50. The minimum Gasteiger partial charge on any atom is -0.409 e. The van der Waals surface area contributed by atoms with Crippen LogP contribution in [0.15, 0.2) is 28.7 Å². The number of hydrogen-bond donors (Lipinski definition) is 2. The summed E-state index contributed by atoms with van der Waals surface area (Å²) in [5.74, 6) is -0.561. The van der Waals surface area contributed by atoms with Gasteiger partial charge in [-0.05, 0) is 25.1 Å². The number of hydrogen-bond acceptors (Lipinski definition) is 5. The van der Waals surface area contributed by atoms with Crippen molar-refractivity contribution >= 4 is 22.9 Å². The van der Waals surface area contributed by atoms with Crippen molar-refractivity contribution in [3.05, 3.63) is 45.7 Å². The Kier molecular flexibility index (Phi) is 4.19. The molecule has 0 unspecified atom stereocenters.